The Morgan fingerprint density at radius 3 is 2.94 bits per heavy atom. The van der Waals surface area contributed by atoms with E-state index in [0.29, 0.717) is 18.3 Å². The average Bonchev–Trinajstić information content (AvgIpc) is 2.87. The fraction of sp³-hybridized carbons (Fsp3) is 0.200. The van der Waals surface area contributed by atoms with E-state index in [-0.39, 0.29) is 0 Å². The number of nitrogen functional groups attached to an aromatic ring is 1. The first-order chi connectivity index (χ1) is 7.81. The molecule has 0 amide bonds. The van der Waals surface area contributed by atoms with Crippen LogP contribution in [0, 0.1) is 0 Å². The lowest BCUT2D eigenvalue weighted by molar-refractivity contribution is 0.174. The second-order valence-electron chi connectivity index (χ2n) is 3.40. The molecule has 1 aromatic carbocycles. The van der Waals surface area contributed by atoms with Crippen LogP contribution in [0.4, 0.5) is 5.13 Å². The van der Waals surface area contributed by atoms with Crippen molar-refractivity contribution in [3.63, 3.8) is 0 Å². The maximum atomic E-state index is 5.52. The Hall–Kier alpha value is -1.82. The number of aromatic nitrogens is 2. The third kappa shape index (κ3) is 1.67. The van der Waals surface area contributed by atoms with Gasteiger partial charge in [-0.25, -0.2) is 0 Å². The molecule has 5 nitrogen and oxygen atoms in total. The summed E-state index contributed by atoms with van der Waals surface area (Å²) < 4.78 is 10.5. The zero-order chi connectivity index (χ0) is 11.0. The second kappa shape index (κ2) is 3.64. The van der Waals surface area contributed by atoms with Crippen LogP contribution in [0.5, 0.6) is 11.5 Å². The molecule has 1 aliphatic rings. The highest BCUT2D eigenvalue weighted by atomic mass is 32.1. The summed E-state index contributed by atoms with van der Waals surface area (Å²) in [4.78, 5) is 0. The van der Waals surface area contributed by atoms with E-state index in [9.17, 15) is 0 Å². The molecule has 1 aliphatic heterocycles. The minimum absolute atomic E-state index is 0.296. The second-order valence-corrected chi connectivity index (χ2v) is 4.49. The molecule has 2 N–H and O–H groups in total. The number of hydrogen-bond donors (Lipinski definition) is 1. The molecule has 0 unspecified atom stereocenters. The number of ether oxygens (including phenoxy) is 2. The highest BCUT2D eigenvalue weighted by molar-refractivity contribution is 7.15. The van der Waals surface area contributed by atoms with Gasteiger partial charge in [0.25, 0.3) is 0 Å². The zero-order valence-corrected chi connectivity index (χ0v) is 9.16. The Labute approximate surface area is 95.8 Å². The van der Waals surface area contributed by atoms with E-state index in [0.717, 1.165) is 22.1 Å². The Bertz CT molecular complexity index is 527. The number of fused-ring (bicyclic) bond motifs is 1. The first-order valence-corrected chi connectivity index (χ1v) is 5.59. The minimum Gasteiger partial charge on any atom is -0.454 e. The van der Waals surface area contributed by atoms with Gasteiger partial charge in [0.05, 0.1) is 0 Å². The van der Waals surface area contributed by atoms with Crippen molar-refractivity contribution < 1.29 is 9.47 Å². The molecule has 3 rings (SSSR count). The van der Waals surface area contributed by atoms with Gasteiger partial charge in [-0.1, -0.05) is 17.4 Å². The third-order valence-electron chi connectivity index (χ3n) is 2.27. The van der Waals surface area contributed by atoms with E-state index >= 15 is 0 Å². The molecule has 0 bridgehead atoms. The molecule has 0 aliphatic carbocycles. The van der Waals surface area contributed by atoms with Gasteiger partial charge in [-0.2, -0.15) is 0 Å². The lowest BCUT2D eigenvalue weighted by Crippen LogP contribution is -1.93. The summed E-state index contributed by atoms with van der Waals surface area (Å²) in [6.45, 7) is 0.296. The van der Waals surface area contributed by atoms with Crippen LogP contribution in [-0.2, 0) is 6.42 Å². The molecule has 6 heteroatoms. The van der Waals surface area contributed by atoms with Crippen LogP contribution in [-0.4, -0.2) is 17.0 Å². The predicted octanol–water partition coefficient (Wildman–Crippen LogP) is 1.44. The van der Waals surface area contributed by atoms with E-state index in [1.165, 1.54) is 11.3 Å². The van der Waals surface area contributed by atoms with Crippen LogP contribution >= 0.6 is 11.3 Å². The molecule has 82 valence electrons. The first-order valence-electron chi connectivity index (χ1n) is 4.77. The minimum atomic E-state index is 0.296. The molecular weight excluding hydrogens is 226 g/mol. The van der Waals surface area contributed by atoms with E-state index < -0.39 is 0 Å². The molecular formula is C10H9N3O2S. The Kier molecular flexibility index (Phi) is 2.14. The van der Waals surface area contributed by atoms with Crippen LogP contribution in [0.3, 0.4) is 0 Å². The molecule has 2 heterocycles. The summed E-state index contributed by atoms with van der Waals surface area (Å²) in [5.41, 5.74) is 6.63. The van der Waals surface area contributed by atoms with Crippen LogP contribution < -0.4 is 15.2 Å². The summed E-state index contributed by atoms with van der Waals surface area (Å²) in [5.74, 6) is 1.58. The lowest BCUT2D eigenvalue weighted by atomic mass is 10.1. The predicted molar refractivity (Wildman–Crippen MR) is 59.7 cm³/mol. The van der Waals surface area contributed by atoms with Crippen molar-refractivity contribution in [2.24, 2.45) is 0 Å². The van der Waals surface area contributed by atoms with Crippen LogP contribution in [0.2, 0.25) is 0 Å². The van der Waals surface area contributed by atoms with Crippen molar-refractivity contribution in [2.45, 2.75) is 6.42 Å². The number of nitrogens with two attached hydrogens (primary N) is 1. The van der Waals surface area contributed by atoms with Crippen molar-refractivity contribution in [3.05, 3.63) is 28.8 Å². The summed E-state index contributed by atoms with van der Waals surface area (Å²) in [6, 6.07) is 5.85. The standard InChI is InChI=1S/C10H9N3O2S/c11-10-13-12-9(16-10)4-6-1-2-7-8(3-6)15-5-14-7/h1-3H,4-5H2,(H2,11,13). The fourth-order valence-electron chi connectivity index (χ4n) is 1.56. The third-order valence-corrected chi connectivity index (χ3v) is 3.03. The summed E-state index contributed by atoms with van der Waals surface area (Å²) >= 11 is 1.40. The fourth-order valence-corrected chi connectivity index (χ4v) is 2.21. The van der Waals surface area contributed by atoms with Gasteiger partial charge in [0.2, 0.25) is 11.9 Å². The van der Waals surface area contributed by atoms with Crippen molar-refractivity contribution >= 4 is 16.5 Å². The topological polar surface area (TPSA) is 70.3 Å². The van der Waals surface area contributed by atoms with Crippen molar-refractivity contribution in [3.8, 4) is 11.5 Å². The smallest absolute Gasteiger partial charge is 0.231 e. The molecule has 1 aromatic heterocycles. The van der Waals surface area contributed by atoms with Crippen LogP contribution in [0.15, 0.2) is 18.2 Å². The van der Waals surface area contributed by atoms with Gasteiger partial charge in [-0.15, -0.1) is 10.2 Å². The van der Waals surface area contributed by atoms with Crippen molar-refractivity contribution in [1.29, 1.82) is 0 Å². The number of anilines is 1. The molecule has 0 spiro atoms. The van der Waals surface area contributed by atoms with Gasteiger partial charge >= 0.3 is 0 Å². The van der Waals surface area contributed by atoms with Crippen molar-refractivity contribution in [2.75, 3.05) is 12.5 Å². The molecule has 0 fully saturated rings. The average molecular weight is 235 g/mol. The lowest BCUT2D eigenvalue weighted by Gasteiger charge is -1.99. The monoisotopic (exact) mass is 235 g/mol. The van der Waals surface area contributed by atoms with E-state index in [2.05, 4.69) is 10.2 Å². The first kappa shape index (κ1) is 9.41. The Morgan fingerprint density at radius 2 is 2.12 bits per heavy atom. The number of benzene rings is 1. The quantitative estimate of drug-likeness (QED) is 0.852. The molecule has 0 radical (unpaired) electrons. The maximum absolute atomic E-state index is 5.52. The maximum Gasteiger partial charge on any atom is 0.231 e. The number of rotatable bonds is 2. The zero-order valence-electron chi connectivity index (χ0n) is 8.34. The van der Waals surface area contributed by atoms with Crippen LogP contribution in [0.25, 0.3) is 0 Å². The molecule has 2 aromatic rings. The number of nitrogens with zero attached hydrogens (tertiary/aromatic N) is 2. The van der Waals surface area contributed by atoms with Gasteiger partial charge in [0.1, 0.15) is 5.01 Å². The number of hydrogen-bond acceptors (Lipinski definition) is 6. The normalized spacial score (nSPS) is 13.0. The van der Waals surface area contributed by atoms with Gasteiger partial charge in [0, 0.05) is 6.42 Å². The molecule has 0 saturated heterocycles. The molecule has 16 heavy (non-hydrogen) atoms. The Morgan fingerprint density at radius 1 is 1.25 bits per heavy atom. The molecule has 0 atom stereocenters. The van der Waals surface area contributed by atoms with Gasteiger partial charge < -0.3 is 15.2 Å². The molecule has 0 saturated carbocycles. The van der Waals surface area contributed by atoms with Gasteiger partial charge in [-0.05, 0) is 17.7 Å². The van der Waals surface area contributed by atoms with Gasteiger partial charge in [0.15, 0.2) is 11.5 Å². The highest BCUT2D eigenvalue weighted by Crippen LogP contribution is 2.33. The summed E-state index contributed by atoms with van der Waals surface area (Å²) in [7, 11) is 0. The SMILES string of the molecule is Nc1nnc(Cc2ccc3c(c2)OCO3)s1. The van der Waals surface area contributed by atoms with E-state index in [1.807, 2.05) is 18.2 Å². The Balaban J connectivity index is 1.85. The highest BCUT2D eigenvalue weighted by Gasteiger charge is 2.13. The van der Waals surface area contributed by atoms with Crippen LogP contribution in [0.1, 0.15) is 10.6 Å². The summed E-state index contributed by atoms with van der Waals surface area (Å²) in [5, 5.41) is 9.15. The largest absolute Gasteiger partial charge is 0.454 e. The van der Waals surface area contributed by atoms with Gasteiger partial charge in [-0.3, -0.25) is 0 Å². The summed E-state index contributed by atoms with van der Waals surface area (Å²) in [6.07, 6.45) is 0.714. The van der Waals surface area contributed by atoms with E-state index in [1.54, 1.807) is 0 Å². The van der Waals surface area contributed by atoms with E-state index in [4.69, 9.17) is 15.2 Å². The van der Waals surface area contributed by atoms with Crippen molar-refractivity contribution in [1.82, 2.24) is 10.2 Å².